The molecular formula is C21H14F3N5O4. The third-order valence-corrected chi connectivity index (χ3v) is 4.70. The third-order valence-electron chi connectivity index (χ3n) is 4.70. The summed E-state index contributed by atoms with van der Waals surface area (Å²) < 4.78 is 46.5. The number of benzene rings is 2. The van der Waals surface area contributed by atoms with E-state index in [1.807, 2.05) is 0 Å². The molecule has 0 bridgehead atoms. The number of ether oxygens (including phenoxy) is 1. The Morgan fingerprint density at radius 2 is 1.91 bits per heavy atom. The smallest absolute Gasteiger partial charge is 0.280 e. The van der Waals surface area contributed by atoms with Gasteiger partial charge in [-0.3, -0.25) is 14.9 Å². The molecule has 168 valence electrons. The number of non-ortho nitro benzene ring substituents is 1. The minimum atomic E-state index is -2.94. The fourth-order valence-corrected chi connectivity index (χ4v) is 3.15. The van der Waals surface area contributed by atoms with E-state index in [0.29, 0.717) is 5.56 Å². The summed E-state index contributed by atoms with van der Waals surface area (Å²) in [5.74, 6) is -1.15. The van der Waals surface area contributed by atoms with E-state index in [-0.39, 0.29) is 34.0 Å². The lowest BCUT2D eigenvalue weighted by molar-refractivity contribution is -0.384. The average Bonchev–Trinajstić information content (AvgIpc) is 3.22. The van der Waals surface area contributed by atoms with E-state index in [0.717, 1.165) is 35.0 Å². The summed E-state index contributed by atoms with van der Waals surface area (Å²) in [5.41, 5.74) is -0.653. The van der Waals surface area contributed by atoms with Gasteiger partial charge in [0.1, 0.15) is 22.8 Å². The first-order chi connectivity index (χ1) is 15.8. The molecule has 33 heavy (non-hydrogen) atoms. The van der Waals surface area contributed by atoms with E-state index >= 15 is 0 Å². The zero-order chi connectivity index (χ0) is 23.7. The predicted octanol–water partition coefficient (Wildman–Crippen LogP) is 4.64. The predicted molar refractivity (Wildman–Crippen MR) is 111 cm³/mol. The fraction of sp³-hybridized carbons (Fsp3) is 0.0952. The highest BCUT2D eigenvalue weighted by molar-refractivity contribution is 6.08. The van der Waals surface area contributed by atoms with Crippen LogP contribution in [0.5, 0.6) is 5.75 Å². The number of hydrogen-bond donors (Lipinski definition) is 1. The van der Waals surface area contributed by atoms with Gasteiger partial charge in [0, 0.05) is 17.7 Å². The highest BCUT2D eigenvalue weighted by atomic mass is 19.3. The molecule has 0 fully saturated rings. The Morgan fingerprint density at radius 3 is 2.55 bits per heavy atom. The monoisotopic (exact) mass is 457 g/mol. The topological polar surface area (TPSA) is 112 Å². The van der Waals surface area contributed by atoms with Gasteiger partial charge in [0.2, 0.25) is 0 Å². The summed E-state index contributed by atoms with van der Waals surface area (Å²) in [6, 6.07) is 9.81. The van der Waals surface area contributed by atoms with Crippen molar-refractivity contribution in [2.45, 2.75) is 6.43 Å². The lowest BCUT2D eigenvalue weighted by Gasteiger charge is -2.09. The molecule has 9 nitrogen and oxygen atoms in total. The van der Waals surface area contributed by atoms with Gasteiger partial charge in [0.15, 0.2) is 5.65 Å². The molecule has 0 aliphatic rings. The molecule has 2 aromatic heterocycles. The van der Waals surface area contributed by atoms with Gasteiger partial charge in [-0.25, -0.2) is 22.7 Å². The number of carbonyl (C=O) groups is 1. The number of alkyl halides is 2. The SMILES string of the molecule is COc1cc(NC(=O)c2cnn3c(C(F)F)cc(-c4ccc(F)cc4)nc23)cc([N+](=O)[O-])c1. The first kappa shape index (κ1) is 21.7. The number of rotatable bonds is 6. The molecule has 0 aliphatic heterocycles. The van der Waals surface area contributed by atoms with E-state index in [4.69, 9.17) is 4.74 Å². The van der Waals surface area contributed by atoms with Crippen LogP contribution in [0.3, 0.4) is 0 Å². The van der Waals surface area contributed by atoms with Gasteiger partial charge in [-0.05, 0) is 30.3 Å². The van der Waals surface area contributed by atoms with E-state index in [1.165, 1.54) is 31.4 Å². The first-order valence-electron chi connectivity index (χ1n) is 9.34. The Kier molecular flexibility index (Phi) is 5.65. The van der Waals surface area contributed by atoms with E-state index < -0.39 is 28.8 Å². The molecule has 0 atom stereocenters. The summed E-state index contributed by atoms with van der Waals surface area (Å²) in [7, 11) is 1.31. The Morgan fingerprint density at radius 1 is 1.18 bits per heavy atom. The molecule has 0 spiro atoms. The van der Waals surface area contributed by atoms with Crippen LogP contribution >= 0.6 is 0 Å². The van der Waals surface area contributed by atoms with E-state index in [9.17, 15) is 28.1 Å². The van der Waals surface area contributed by atoms with Gasteiger partial charge in [0.25, 0.3) is 18.0 Å². The normalized spacial score (nSPS) is 11.1. The minimum absolute atomic E-state index is 0.0502. The number of hydrogen-bond acceptors (Lipinski definition) is 6. The number of halogens is 3. The number of carbonyl (C=O) groups excluding carboxylic acids is 1. The van der Waals surface area contributed by atoms with Crippen LogP contribution in [0.15, 0.2) is 54.7 Å². The van der Waals surface area contributed by atoms with Gasteiger partial charge in [0.05, 0.1) is 35.7 Å². The number of nitrogens with zero attached hydrogens (tertiary/aromatic N) is 4. The molecule has 0 radical (unpaired) electrons. The fourth-order valence-electron chi connectivity index (χ4n) is 3.15. The lowest BCUT2D eigenvalue weighted by atomic mass is 10.1. The lowest BCUT2D eigenvalue weighted by Crippen LogP contribution is -2.13. The molecule has 12 heteroatoms. The van der Waals surface area contributed by atoms with E-state index in [1.54, 1.807) is 0 Å². The van der Waals surface area contributed by atoms with Crippen molar-refractivity contribution in [3.05, 3.63) is 81.9 Å². The maximum absolute atomic E-state index is 13.7. The number of methoxy groups -OCH3 is 1. The van der Waals surface area contributed by atoms with Crippen LogP contribution in [0.4, 0.5) is 24.5 Å². The van der Waals surface area contributed by atoms with Crippen molar-refractivity contribution in [1.82, 2.24) is 14.6 Å². The first-order valence-corrected chi connectivity index (χ1v) is 9.34. The molecule has 4 aromatic rings. The molecule has 0 aliphatic carbocycles. The number of aromatic nitrogens is 3. The van der Waals surface area contributed by atoms with Crippen LogP contribution in [-0.2, 0) is 0 Å². The molecule has 1 amide bonds. The van der Waals surface area contributed by atoms with Crippen LogP contribution in [0.25, 0.3) is 16.9 Å². The number of amides is 1. The van der Waals surface area contributed by atoms with Crippen molar-refractivity contribution in [2.24, 2.45) is 0 Å². The van der Waals surface area contributed by atoms with Crippen LogP contribution in [0.1, 0.15) is 22.5 Å². The molecule has 4 rings (SSSR count). The summed E-state index contributed by atoms with van der Waals surface area (Å²) >= 11 is 0. The van der Waals surface area contributed by atoms with Gasteiger partial charge >= 0.3 is 0 Å². The summed E-state index contributed by atoms with van der Waals surface area (Å²) in [6.07, 6.45) is -1.88. The number of fused-ring (bicyclic) bond motifs is 1. The van der Waals surface area contributed by atoms with Crippen molar-refractivity contribution in [1.29, 1.82) is 0 Å². The quantitative estimate of drug-likeness (QED) is 0.333. The van der Waals surface area contributed by atoms with Crippen molar-refractivity contribution >= 4 is 22.9 Å². The molecule has 0 saturated heterocycles. The minimum Gasteiger partial charge on any atom is -0.496 e. The van der Waals surface area contributed by atoms with Crippen molar-refractivity contribution < 1.29 is 27.6 Å². The Hall–Kier alpha value is -4.48. The van der Waals surface area contributed by atoms with Crippen molar-refractivity contribution in [3.8, 4) is 17.0 Å². The zero-order valence-corrected chi connectivity index (χ0v) is 16.8. The highest BCUT2D eigenvalue weighted by Crippen LogP contribution is 2.29. The largest absolute Gasteiger partial charge is 0.496 e. The molecule has 0 saturated carbocycles. The van der Waals surface area contributed by atoms with Gasteiger partial charge in [-0.1, -0.05) is 0 Å². The number of nitro groups is 1. The standard InChI is InChI=1S/C21H14F3N5O4/c1-33-15-7-13(6-14(8-15)29(31)32)26-21(30)16-10-25-28-18(19(23)24)9-17(27-20(16)28)11-2-4-12(22)5-3-11/h2-10,19H,1H3,(H,26,30). The zero-order valence-electron chi connectivity index (χ0n) is 16.8. The summed E-state index contributed by atoms with van der Waals surface area (Å²) in [4.78, 5) is 27.6. The van der Waals surface area contributed by atoms with Crippen LogP contribution in [0.2, 0.25) is 0 Å². The van der Waals surface area contributed by atoms with Crippen molar-refractivity contribution in [2.75, 3.05) is 12.4 Å². The van der Waals surface area contributed by atoms with Gasteiger partial charge < -0.3 is 10.1 Å². The second-order valence-electron chi connectivity index (χ2n) is 6.80. The average molecular weight is 457 g/mol. The van der Waals surface area contributed by atoms with Crippen LogP contribution in [-0.4, -0.2) is 32.5 Å². The van der Waals surface area contributed by atoms with E-state index in [2.05, 4.69) is 15.4 Å². The third kappa shape index (κ3) is 4.31. The number of anilines is 1. The molecular weight excluding hydrogens is 443 g/mol. The Balaban J connectivity index is 1.78. The Bertz CT molecular complexity index is 1370. The van der Waals surface area contributed by atoms with Gasteiger partial charge in [-0.2, -0.15) is 5.10 Å². The second kappa shape index (κ2) is 8.57. The maximum atomic E-state index is 13.7. The van der Waals surface area contributed by atoms with Crippen molar-refractivity contribution in [3.63, 3.8) is 0 Å². The molecule has 1 N–H and O–H groups in total. The second-order valence-corrected chi connectivity index (χ2v) is 6.80. The number of nitro benzene ring substituents is 1. The Labute approximate surface area is 183 Å². The number of nitrogens with one attached hydrogen (secondary N) is 1. The van der Waals surface area contributed by atoms with Crippen LogP contribution in [0, 0.1) is 15.9 Å². The van der Waals surface area contributed by atoms with Crippen LogP contribution < -0.4 is 10.1 Å². The summed E-state index contributed by atoms with van der Waals surface area (Å²) in [6.45, 7) is 0. The summed E-state index contributed by atoms with van der Waals surface area (Å²) in [5, 5.41) is 17.4. The molecule has 2 aromatic carbocycles. The molecule has 2 heterocycles. The highest BCUT2D eigenvalue weighted by Gasteiger charge is 2.22. The molecule has 0 unspecified atom stereocenters. The maximum Gasteiger partial charge on any atom is 0.280 e. The van der Waals surface area contributed by atoms with Gasteiger partial charge in [-0.15, -0.1) is 0 Å².